The molecule has 1 N–H and O–H groups in total. The van der Waals surface area contributed by atoms with Crippen molar-refractivity contribution in [2.75, 3.05) is 13.1 Å². The minimum absolute atomic E-state index is 0.0256. The number of likely N-dealkylation sites (tertiary alicyclic amines) is 1. The maximum absolute atomic E-state index is 13.1. The van der Waals surface area contributed by atoms with Crippen molar-refractivity contribution in [3.63, 3.8) is 0 Å². The van der Waals surface area contributed by atoms with E-state index in [0.717, 1.165) is 12.8 Å². The molecular weight excluding hydrogens is 340 g/mol. The van der Waals surface area contributed by atoms with Crippen LogP contribution in [0.4, 0.5) is 0 Å². The first kappa shape index (κ1) is 19.9. The molecule has 1 aliphatic carbocycles. The SMILES string of the molecule is CC(C)C(C)(O)C(=O)N1CCC(C(=O)N(Cc2ccccc2)C2CC2)CC1. The molecule has 1 unspecified atom stereocenters. The van der Waals surface area contributed by atoms with Gasteiger partial charge in [-0.1, -0.05) is 44.2 Å². The topological polar surface area (TPSA) is 60.9 Å². The summed E-state index contributed by atoms with van der Waals surface area (Å²) in [6.45, 7) is 7.05. The van der Waals surface area contributed by atoms with Gasteiger partial charge in [0.2, 0.25) is 5.91 Å². The van der Waals surface area contributed by atoms with E-state index in [0.29, 0.717) is 38.5 Å². The lowest BCUT2D eigenvalue weighted by Gasteiger charge is -2.38. The Bertz CT molecular complexity index is 659. The molecule has 0 aromatic heterocycles. The van der Waals surface area contributed by atoms with E-state index in [1.165, 1.54) is 5.56 Å². The van der Waals surface area contributed by atoms with Gasteiger partial charge in [0.15, 0.2) is 0 Å². The molecule has 2 aliphatic rings. The summed E-state index contributed by atoms with van der Waals surface area (Å²) in [4.78, 5) is 29.5. The van der Waals surface area contributed by atoms with Gasteiger partial charge in [0.05, 0.1) is 0 Å². The van der Waals surface area contributed by atoms with Crippen LogP contribution in [0.5, 0.6) is 0 Å². The van der Waals surface area contributed by atoms with Crippen LogP contribution in [0.3, 0.4) is 0 Å². The number of hydrogen-bond donors (Lipinski definition) is 1. The van der Waals surface area contributed by atoms with Crippen molar-refractivity contribution in [1.82, 2.24) is 9.80 Å². The largest absolute Gasteiger partial charge is 0.380 e. The Morgan fingerprint density at radius 1 is 1.15 bits per heavy atom. The lowest BCUT2D eigenvalue weighted by atomic mass is 9.88. The van der Waals surface area contributed by atoms with Crippen LogP contribution in [0.2, 0.25) is 0 Å². The molecule has 1 aromatic carbocycles. The summed E-state index contributed by atoms with van der Waals surface area (Å²) in [6, 6.07) is 10.5. The summed E-state index contributed by atoms with van der Waals surface area (Å²) in [5, 5.41) is 10.5. The number of amides is 2. The average molecular weight is 373 g/mol. The first-order chi connectivity index (χ1) is 12.8. The lowest BCUT2D eigenvalue weighted by molar-refractivity contribution is -0.157. The first-order valence-corrected chi connectivity index (χ1v) is 10.2. The summed E-state index contributed by atoms with van der Waals surface area (Å²) < 4.78 is 0. The number of benzene rings is 1. The molecule has 1 atom stereocenters. The quantitative estimate of drug-likeness (QED) is 0.835. The number of aliphatic hydroxyl groups is 1. The van der Waals surface area contributed by atoms with Crippen LogP contribution in [0, 0.1) is 11.8 Å². The van der Waals surface area contributed by atoms with E-state index >= 15 is 0 Å². The van der Waals surface area contributed by atoms with E-state index in [1.54, 1.807) is 11.8 Å². The number of hydrogen-bond acceptors (Lipinski definition) is 3. The predicted molar refractivity (Wildman–Crippen MR) is 105 cm³/mol. The second kappa shape index (κ2) is 8.01. The van der Waals surface area contributed by atoms with Crippen LogP contribution in [0.15, 0.2) is 30.3 Å². The molecule has 148 valence electrons. The number of carbonyl (C=O) groups excluding carboxylic acids is 2. The molecule has 2 fully saturated rings. The van der Waals surface area contributed by atoms with Crippen LogP contribution in [0.25, 0.3) is 0 Å². The molecule has 0 spiro atoms. The Labute approximate surface area is 162 Å². The molecule has 1 saturated heterocycles. The van der Waals surface area contributed by atoms with E-state index in [1.807, 2.05) is 36.9 Å². The molecule has 27 heavy (non-hydrogen) atoms. The monoisotopic (exact) mass is 372 g/mol. The molecule has 2 amide bonds. The molecule has 1 aliphatic heterocycles. The van der Waals surface area contributed by atoms with Gasteiger partial charge >= 0.3 is 0 Å². The predicted octanol–water partition coefficient (Wildman–Crippen LogP) is 2.82. The second-order valence-corrected chi connectivity index (χ2v) is 8.55. The first-order valence-electron chi connectivity index (χ1n) is 10.2. The Hall–Kier alpha value is -1.88. The second-order valence-electron chi connectivity index (χ2n) is 8.55. The van der Waals surface area contributed by atoms with E-state index in [9.17, 15) is 14.7 Å². The van der Waals surface area contributed by atoms with Crippen LogP contribution < -0.4 is 0 Å². The summed E-state index contributed by atoms with van der Waals surface area (Å²) in [7, 11) is 0. The molecule has 5 heteroatoms. The number of nitrogens with zero attached hydrogens (tertiary/aromatic N) is 2. The summed E-state index contributed by atoms with van der Waals surface area (Å²) in [5.41, 5.74) is -0.178. The lowest BCUT2D eigenvalue weighted by Crippen LogP contribution is -2.53. The maximum atomic E-state index is 13.1. The van der Waals surface area contributed by atoms with Gasteiger partial charge in [-0.3, -0.25) is 9.59 Å². The molecule has 1 aromatic rings. The highest BCUT2D eigenvalue weighted by atomic mass is 16.3. The number of piperidine rings is 1. The minimum Gasteiger partial charge on any atom is -0.380 e. The van der Waals surface area contributed by atoms with Crippen molar-refractivity contribution in [2.24, 2.45) is 11.8 Å². The average Bonchev–Trinajstić information content (AvgIpc) is 3.51. The Kier molecular flexibility index (Phi) is 5.89. The van der Waals surface area contributed by atoms with E-state index in [2.05, 4.69) is 12.1 Å². The standard InChI is InChI=1S/C22H32N2O3/c1-16(2)22(3,27)21(26)23-13-11-18(12-14-23)20(25)24(19-9-10-19)15-17-7-5-4-6-8-17/h4-8,16,18-19,27H,9-15H2,1-3H3. The maximum Gasteiger partial charge on any atom is 0.254 e. The van der Waals surface area contributed by atoms with Crippen LogP contribution in [-0.2, 0) is 16.1 Å². The van der Waals surface area contributed by atoms with Crippen molar-refractivity contribution in [3.8, 4) is 0 Å². The summed E-state index contributed by atoms with van der Waals surface area (Å²) in [6.07, 6.45) is 3.54. The van der Waals surface area contributed by atoms with E-state index < -0.39 is 5.60 Å². The number of carbonyl (C=O) groups is 2. The molecule has 0 radical (unpaired) electrons. The van der Waals surface area contributed by atoms with Gasteiger partial charge in [-0.15, -0.1) is 0 Å². The normalized spacial score (nSPS) is 20.4. The Morgan fingerprint density at radius 2 is 1.74 bits per heavy atom. The number of rotatable bonds is 6. The molecule has 1 heterocycles. The van der Waals surface area contributed by atoms with Gasteiger partial charge in [0, 0.05) is 31.6 Å². The van der Waals surface area contributed by atoms with Crippen LogP contribution in [-0.4, -0.2) is 51.5 Å². The Balaban J connectivity index is 1.59. The van der Waals surface area contributed by atoms with Gasteiger partial charge in [-0.2, -0.15) is 0 Å². The van der Waals surface area contributed by atoms with Crippen molar-refractivity contribution in [1.29, 1.82) is 0 Å². The molecule has 1 saturated carbocycles. The van der Waals surface area contributed by atoms with Gasteiger partial charge < -0.3 is 14.9 Å². The van der Waals surface area contributed by atoms with Gasteiger partial charge in [-0.25, -0.2) is 0 Å². The third kappa shape index (κ3) is 4.52. The Morgan fingerprint density at radius 3 is 2.26 bits per heavy atom. The van der Waals surface area contributed by atoms with Crippen LogP contribution >= 0.6 is 0 Å². The van der Waals surface area contributed by atoms with Gasteiger partial charge in [0.25, 0.3) is 5.91 Å². The highest BCUT2D eigenvalue weighted by Crippen LogP contribution is 2.32. The van der Waals surface area contributed by atoms with Crippen molar-refractivity contribution in [3.05, 3.63) is 35.9 Å². The third-order valence-electron chi connectivity index (χ3n) is 6.16. The summed E-state index contributed by atoms with van der Waals surface area (Å²) >= 11 is 0. The fourth-order valence-corrected chi connectivity index (χ4v) is 3.68. The van der Waals surface area contributed by atoms with Gasteiger partial charge in [0.1, 0.15) is 5.60 Å². The fourth-order valence-electron chi connectivity index (χ4n) is 3.68. The zero-order chi connectivity index (χ0) is 19.6. The molecule has 3 rings (SSSR count). The van der Waals surface area contributed by atoms with Gasteiger partial charge in [-0.05, 0) is 44.1 Å². The van der Waals surface area contributed by atoms with Crippen molar-refractivity contribution in [2.45, 2.75) is 64.6 Å². The zero-order valence-corrected chi connectivity index (χ0v) is 16.7. The highest BCUT2D eigenvalue weighted by Gasteiger charge is 2.41. The van der Waals surface area contributed by atoms with Crippen molar-refractivity contribution >= 4 is 11.8 Å². The zero-order valence-electron chi connectivity index (χ0n) is 16.7. The molecule has 0 bridgehead atoms. The van der Waals surface area contributed by atoms with Crippen LogP contribution in [0.1, 0.15) is 52.0 Å². The smallest absolute Gasteiger partial charge is 0.254 e. The minimum atomic E-state index is -1.34. The third-order valence-corrected chi connectivity index (χ3v) is 6.16. The molecular formula is C22H32N2O3. The van der Waals surface area contributed by atoms with E-state index in [-0.39, 0.29) is 23.7 Å². The van der Waals surface area contributed by atoms with E-state index in [4.69, 9.17) is 0 Å². The molecule has 5 nitrogen and oxygen atoms in total. The highest BCUT2D eigenvalue weighted by molar-refractivity contribution is 5.85. The fraction of sp³-hybridized carbons (Fsp3) is 0.636. The van der Waals surface area contributed by atoms with Crippen molar-refractivity contribution < 1.29 is 14.7 Å². The summed E-state index contributed by atoms with van der Waals surface area (Å²) in [5.74, 6) is -0.154.